The van der Waals surface area contributed by atoms with Crippen LogP contribution in [0.15, 0.2) is 30.6 Å². The first-order valence-corrected chi connectivity index (χ1v) is 5.56. The highest BCUT2D eigenvalue weighted by molar-refractivity contribution is 5.34. The van der Waals surface area contributed by atoms with Crippen LogP contribution in [0.2, 0.25) is 0 Å². The lowest BCUT2D eigenvalue weighted by Gasteiger charge is -2.00. The molecule has 0 spiro atoms. The normalized spacial score (nSPS) is 9.44. The third-order valence-electron chi connectivity index (χ3n) is 2.12. The van der Waals surface area contributed by atoms with E-state index in [1.54, 1.807) is 11.0 Å². The lowest BCUT2D eigenvalue weighted by Crippen LogP contribution is -1.96. The van der Waals surface area contributed by atoms with Crippen molar-refractivity contribution < 1.29 is 0 Å². The molecule has 0 amide bonds. The second-order valence-electron chi connectivity index (χ2n) is 3.07. The molecule has 4 nitrogen and oxygen atoms in total. The molecule has 0 saturated carbocycles. The first-order valence-electron chi connectivity index (χ1n) is 5.56. The van der Waals surface area contributed by atoms with Crippen LogP contribution in [0, 0.1) is 0 Å². The minimum Gasteiger partial charge on any atom is -0.366 e. The Labute approximate surface area is 96.1 Å². The molecule has 0 atom stereocenters. The average molecular weight is 218 g/mol. The Bertz CT molecular complexity index is 417. The Balaban J connectivity index is 0.000000606. The van der Waals surface area contributed by atoms with Crippen molar-refractivity contribution in [3.63, 3.8) is 0 Å². The van der Waals surface area contributed by atoms with Crippen LogP contribution in [-0.4, -0.2) is 14.8 Å². The third-order valence-corrected chi connectivity index (χ3v) is 2.12. The maximum Gasteiger partial charge on any atom is 0.239 e. The van der Waals surface area contributed by atoms with Gasteiger partial charge in [-0.25, -0.2) is 9.67 Å². The van der Waals surface area contributed by atoms with E-state index in [1.165, 1.54) is 5.56 Å². The van der Waals surface area contributed by atoms with Crippen LogP contribution < -0.4 is 5.73 Å². The summed E-state index contributed by atoms with van der Waals surface area (Å²) in [6.45, 7) is 6.13. The van der Waals surface area contributed by atoms with E-state index in [9.17, 15) is 0 Å². The summed E-state index contributed by atoms with van der Waals surface area (Å²) in [5, 5.41) is 4.02. The Morgan fingerprint density at radius 1 is 1.19 bits per heavy atom. The highest BCUT2D eigenvalue weighted by Crippen LogP contribution is 2.09. The molecule has 0 saturated heterocycles. The zero-order chi connectivity index (χ0) is 12.0. The zero-order valence-corrected chi connectivity index (χ0v) is 10.0. The fourth-order valence-corrected chi connectivity index (χ4v) is 1.28. The molecular formula is C12H18N4. The first kappa shape index (κ1) is 12.2. The zero-order valence-electron chi connectivity index (χ0n) is 10.0. The highest BCUT2D eigenvalue weighted by atomic mass is 15.4. The van der Waals surface area contributed by atoms with E-state index in [0.717, 1.165) is 12.1 Å². The Morgan fingerprint density at radius 3 is 2.25 bits per heavy atom. The number of nitrogens with two attached hydrogens (primary N) is 1. The summed E-state index contributed by atoms with van der Waals surface area (Å²) >= 11 is 0. The van der Waals surface area contributed by atoms with Gasteiger partial charge in [-0.15, -0.1) is 5.10 Å². The summed E-state index contributed by atoms with van der Waals surface area (Å²) in [4.78, 5) is 3.87. The molecule has 16 heavy (non-hydrogen) atoms. The molecule has 0 aliphatic heterocycles. The molecule has 1 aromatic carbocycles. The minimum atomic E-state index is 0.296. The van der Waals surface area contributed by atoms with Crippen molar-refractivity contribution in [1.82, 2.24) is 14.8 Å². The number of nitrogens with zero attached hydrogens (tertiary/aromatic N) is 3. The van der Waals surface area contributed by atoms with Crippen LogP contribution in [-0.2, 0) is 6.42 Å². The predicted molar refractivity (Wildman–Crippen MR) is 66.5 cm³/mol. The van der Waals surface area contributed by atoms with E-state index < -0.39 is 0 Å². The third kappa shape index (κ3) is 2.82. The lowest BCUT2D eigenvalue weighted by molar-refractivity contribution is 0.882. The van der Waals surface area contributed by atoms with Crippen LogP contribution in [0.25, 0.3) is 5.69 Å². The van der Waals surface area contributed by atoms with Crippen molar-refractivity contribution in [2.24, 2.45) is 0 Å². The SMILES string of the molecule is CC.CCc1ccc(-n2cnc(N)n2)cc1. The lowest BCUT2D eigenvalue weighted by atomic mass is 10.1. The van der Waals surface area contributed by atoms with Crippen molar-refractivity contribution in [3.8, 4) is 5.69 Å². The van der Waals surface area contributed by atoms with Crippen molar-refractivity contribution in [2.45, 2.75) is 27.2 Å². The largest absolute Gasteiger partial charge is 0.366 e. The average Bonchev–Trinajstić information content (AvgIpc) is 2.79. The maximum absolute atomic E-state index is 5.43. The van der Waals surface area contributed by atoms with E-state index in [-0.39, 0.29) is 0 Å². The van der Waals surface area contributed by atoms with E-state index in [2.05, 4.69) is 29.1 Å². The quantitative estimate of drug-likeness (QED) is 0.842. The van der Waals surface area contributed by atoms with Gasteiger partial charge in [0.15, 0.2) is 0 Å². The highest BCUT2D eigenvalue weighted by Gasteiger charge is 1.98. The topological polar surface area (TPSA) is 56.7 Å². The smallest absolute Gasteiger partial charge is 0.239 e. The molecule has 2 rings (SSSR count). The van der Waals surface area contributed by atoms with Gasteiger partial charge in [0.2, 0.25) is 5.95 Å². The number of benzene rings is 1. The van der Waals surface area contributed by atoms with Gasteiger partial charge in [-0.2, -0.15) is 0 Å². The molecule has 4 heteroatoms. The second kappa shape index (κ2) is 5.90. The molecule has 0 aliphatic carbocycles. The number of hydrogen-bond donors (Lipinski definition) is 1. The van der Waals surface area contributed by atoms with Gasteiger partial charge in [-0.05, 0) is 24.1 Å². The standard InChI is InChI=1S/C10H12N4.C2H6/c1-2-8-3-5-9(6-4-8)14-7-12-10(11)13-14;1-2/h3-7H,2H2,1H3,(H2,11,13);1-2H3. The van der Waals surface area contributed by atoms with Crippen LogP contribution in [0.4, 0.5) is 5.95 Å². The monoisotopic (exact) mass is 218 g/mol. The van der Waals surface area contributed by atoms with Crippen molar-refractivity contribution in [2.75, 3.05) is 5.73 Å². The van der Waals surface area contributed by atoms with Crippen LogP contribution >= 0.6 is 0 Å². The molecule has 1 heterocycles. The molecule has 0 aliphatic rings. The number of nitrogen functional groups attached to an aromatic ring is 1. The first-order chi connectivity index (χ1) is 7.79. The maximum atomic E-state index is 5.43. The van der Waals surface area contributed by atoms with Crippen LogP contribution in [0.5, 0.6) is 0 Å². The van der Waals surface area contributed by atoms with E-state index in [1.807, 2.05) is 26.0 Å². The second-order valence-corrected chi connectivity index (χ2v) is 3.07. The summed E-state index contributed by atoms with van der Waals surface area (Å²) < 4.78 is 1.66. The molecule has 2 N–H and O–H groups in total. The van der Waals surface area contributed by atoms with Crippen molar-refractivity contribution in [3.05, 3.63) is 36.2 Å². The summed E-state index contributed by atoms with van der Waals surface area (Å²) in [5.41, 5.74) is 7.71. The molecule has 86 valence electrons. The molecule has 0 bridgehead atoms. The Morgan fingerprint density at radius 2 is 1.81 bits per heavy atom. The fraction of sp³-hybridized carbons (Fsp3) is 0.333. The van der Waals surface area contributed by atoms with Gasteiger partial charge in [0.1, 0.15) is 6.33 Å². The van der Waals surface area contributed by atoms with Crippen molar-refractivity contribution in [1.29, 1.82) is 0 Å². The Kier molecular flexibility index (Phi) is 4.51. The molecule has 1 aromatic heterocycles. The van der Waals surface area contributed by atoms with Gasteiger partial charge in [-0.1, -0.05) is 32.9 Å². The number of hydrogen-bond acceptors (Lipinski definition) is 3. The molecule has 0 unspecified atom stereocenters. The van der Waals surface area contributed by atoms with Crippen LogP contribution in [0.3, 0.4) is 0 Å². The van der Waals surface area contributed by atoms with Crippen LogP contribution in [0.1, 0.15) is 26.3 Å². The predicted octanol–water partition coefficient (Wildman–Crippen LogP) is 2.44. The summed E-state index contributed by atoms with van der Waals surface area (Å²) in [6, 6.07) is 8.17. The molecule has 0 radical (unpaired) electrons. The van der Waals surface area contributed by atoms with Crippen molar-refractivity contribution >= 4 is 5.95 Å². The number of aromatic nitrogens is 3. The Hall–Kier alpha value is -1.84. The van der Waals surface area contributed by atoms with Gasteiger partial charge in [0.05, 0.1) is 5.69 Å². The minimum absolute atomic E-state index is 0.296. The summed E-state index contributed by atoms with van der Waals surface area (Å²) in [7, 11) is 0. The van der Waals surface area contributed by atoms with E-state index in [0.29, 0.717) is 5.95 Å². The number of anilines is 1. The summed E-state index contributed by atoms with van der Waals surface area (Å²) in [6.07, 6.45) is 2.65. The summed E-state index contributed by atoms with van der Waals surface area (Å²) in [5.74, 6) is 0.296. The molecule has 0 fully saturated rings. The van der Waals surface area contributed by atoms with Gasteiger partial charge < -0.3 is 5.73 Å². The van der Waals surface area contributed by atoms with E-state index in [4.69, 9.17) is 5.73 Å². The van der Waals surface area contributed by atoms with Gasteiger partial charge in [0.25, 0.3) is 0 Å². The van der Waals surface area contributed by atoms with Gasteiger partial charge in [0, 0.05) is 0 Å². The van der Waals surface area contributed by atoms with E-state index >= 15 is 0 Å². The van der Waals surface area contributed by atoms with Gasteiger partial charge in [-0.3, -0.25) is 0 Å². The fourth-order valence-electron chi connectivity index (χ4n) is 1.28. The van der Waals surface area contributed by atoms with Gasteiger partial charge >= 0.3 is 0 Å². The number of aryl methyl sites for hydroxylation is 1. The molecular weight excluding hydrogens is 200 g/mol. The number of rotatable bonds is 2. The molecule has 2 aromatic rings.